The second-order valence-corrected chi connectivity index (χ2v) is 4.94. The fraction of sp³-hybridized carbons (Fsp3) is 0.222. The van der Waals surface area contributed by atoms with Gasteiger partial charge in [0, 0.05) is 6.61 Å². The van der Waals surface area contributed by atoms with E-state index in [1.807, 2.05) is 36.4 Å². The topological polar surface area (TPSA) is 82.3 Å². The van der Waals surface area contributed by atoms with Gasteiger partial charge < -0.3 is 15.2 Å². The Hall–Kier alpha value is -2.84. The van der Waals surface area contributed by atoms with Crippen molar-refractivity contribution in [1.82, 2.24) is 5.32 Å². The van der Waals surface area contributed by atoms with Crippen molar-refractivity contribution in [2.45, 2.75) is 12.5 Å². The summed E-state index contributed by atoms with van der Waals surface area (Å²) in [5.74, 6) is 0.0728. The molecule has 0 saturated carbocycles. The summed E-state index contributed by atoms with van der Waals surface area (Å²) in [6.07, 6.45) is 0.421. The Labute approximate surface area is 135 Å². The summed E-state index contributed by atoms with van der Waals surface area (Å²) >= 11 is 0. The highest BCUT2D eigenvalue weighted by Gasteiger charge is 2.14. The first-order valence-electron chi connectivity index (χ1n) is 7.31. The van der Waals surface area contributed by atoms with Crippen LogP contribution in [0.2, 0.25) is 0 Å². The number of aliphatic hydroxyl groups excluding tert-OH is 1. The molecule has 0 aliphatic heterocycles. The first kappa shape index (κ1) is 16.5. The molecular formula is C18H18N2O3. The maximum atomic E-state index is 12.1. The van der Waals surface area contributed by atoms with Crippen molar-refractivity contribution in [3.05, 3.63) is 65.7 Å². The van der Waals surface area contributed by atoms with E-state index in [1.54, 1.807) is 24.3 Å². The Kier molecular flexibility index (Phi) is 6.16. The summed E-state index contributed by atoms with van der Waals surface area (Å²) in [4.78, 5) is 12.1. The molecule has 0 aromatic heterocycles. The molecule has 1 amide bonds. The van der Waals surface area contributed by atoms with Crippen LogP contribution in [-0.2, 0) is 4.79 Å². The van der Waals surface area contributed by atoms with E-state index in [0.717, 1.165) is 5.56 Å². The van der Waals surface area contributed by atoms with E-state index in [-0.39, 0.29) is 25.2 Å². The number of benzene rings is 2. The molecule has 5 heteroatoms. The lowest BCUT2D eigenvalue weighted by Gasteiger charge is -2.18. The summed E-state index contributed by atoms with van der Waals surface area (Å²) in [5.41, 5.74) is 1.31. The summed E-state index contributed by atoms with van der Waals surface area (Å²) < 4.78 is 5.41. The van der Waals surface area contributed by atoms with Crippen LogP contribution < -0.4 is 10.1 Å². The van der Waals surface area contributed by atoms with Gasteiger partial charge in [-0.2, -0.15) is 5.26 Å². The second kappa shape index (κ2) is 8.57. The van der Waals surface area contributed by atoms with E-state index in [9.17, 15) is 4.79 Å². The second-order valence-electron chi connectivity index (χ2n) is 4.94. The Balaban J connectivity index is 1.96. The number of hydrogen-bond acceptors (Lipinski definition) is 4. The third-order valence-electron chi connectivity index (χ3n) is 3.32. The maximum Gasteiger partial charge on any atom is 0.258 e. The van der Waals surface area contributed by atoms with Crippen molar-refractivity contribution in [2.75, 3.05) is 13.2 Å². The van der Waals surface area contributed by atoms with Gasteiger partial charge in [-0.3, -0.25) is 4.79 Å². The molecule has 1 atom stereocenters. The molecule has 2 aromatic rings. The van der Waals surface area contributed by atoms with Crippen molar-refractivity contribution in [1.29, 1.82) is 5.26 Å². The van der Waals surface area contributed by atoms with Gasteiger partial charge in [-0.15, -0.1) is 0 Å². The van der Waals surface area contributed by atoms with Gasteiger partial charge in [-0.1, -0.05) is 42.5 Å². The monoisotopic (exact) mass is 310 g/mol. The average Bonchev–Trinajstić information content (AvgIpc) is 2.60. The Morgan fingerprint density at radius 1 is 1.17 bits per heavy atom. The number of nitrogens with zero attached hydrogens (tertiary/aromatic N) is 1. The zero-order valence-corrected chi connectivity index (χ0v) is 12.6. The van der Waals surface area contributed by atoms with Crippen LogP contribution >= 0.6 is 0 Å². The molecule has 0 aliphatic rings. The van der Waals surface area contributed by atoms with Crippen molar-refractivity contribution in [3.63, 3.8) is 0 Å². The zero-order valence-electron chi connectivity index (χ0n) is 12.6. The van der Waals surface area contributed by atoms with E-state index < -0.39 is 0 Å². The molecule has 2 rings (SSSR count). The number of aliphatic hydroxyl groups is 1. The quantitative estimate of drug-likeness (QED) is 0.821. The van der Waals surface area contributed by atoms with Gasteiger partial charge >= 0.3 is 0 Å². The summed E-state index contributed by atoms with van der Waals surface area (Å²) in [5, 5.41) is 21.0. The molecular weight excluding hydrogens is 292 g/mol. The lowest BCUT2D eigenvalue weighted by atomic mass is 10.0. The number of carbonyl (C=O) groups is 1. The molecule has 0 spiro atoms. The average molecular weight is 310 g/mol. The van der Waals surface area contributed by atoms with Gasteiger partial charge in [0.05, 0.1) is 11.6 Å². The lowest BCUT2D eigenvalue weighted by Crippen LogP contribution is -2.33. The Bertz CT molecular complexity index is 680. The molecule has 118 valence electrons. The van der Waals surface area contributed by atoms with Crippen LogP contribution in [0.15, 0.2) is 54.6 Å². The van der Waals surface area contributed by atoms with Gasteiger partial charge in [-0.05, 0) is 24.1 Å². The highest BCUT2D eigenvalue weighted by atomic mass is 16.5. The molecule has 2 aromatic carbocycles. The van der Waals surface area contributed by atoms with Gasteiger partial charge in [0.25, 0.3) is 5.91 Å². The fourth-order valence-electron chi connectivity index (χ4n) is 2.20. The summed E-state index contributed by atoms with van der Waals surface area (Å²) in [7, 11) is 0. The van der Waals surface area contributed by atoms with Gasteiger partial charge in [0.2, 0.25) is 0 Å². The van der Waals surface area contributed by atoms with Crippen molar-refractivity contribution in [2.24, 2.45) is 0 Å². The van der Waals surface area contributed by atoms with E-state index >= 15 is 0 Å². The molecule has 23 heavy (non-hydrogen) atoms. The molecule has 0 aliphatic carbocycles. The first-order chi connectivity index (χ1) is 11.2. The van der Waals surface area contributed by atoms with Crippen molar-refractivity contribution < 1.29 is 14.6 Å². The Morgan fingerprint density at radius 3 is 2.57 bits per heavy atom. The summed E-state index contributed by atoms with van der Waals surface area (Å²) in [6.45, 7) is -0.217. The van der Waals surface area contributed by atoms with E-state index in [1.165, 1.54) is 0 Å². The smallest absolute Gasteiger partial charge is 0.258 e. The van der Waals surface area contributed by atoms with Gasteiger partial charge in [0.1, 0.15) is 11.8 Å². The number of para-hydroxylation sites is 1. The predicted octanol–water partition coefficient (Wildman–Crippen LogP) is 2.18. The van der Waals surface area contributed by atoms with Gasteiger partial charge in [-0.25, -0.2) is 0 Å². The van der Waals surface area contributed by atoms with E-state index in [2.05, 4.69) is 5.32 Å². The highest BCUT2D eigenvalue weighted by molar-refractivity contribution is 5.78. The standard InChI is InChI=1S/C18H18N2O3/c19-12-15-8-4-5-9-17(15)23-13-18(22)20-16(10-11-21)14-6-2-1-3-7-14/h1-9,16,21H,10-11,13H2,(H,20,22). The number of rotatable bonds is 7. The Morgan fingerprint density at radius 2 is 1.87 bits per heavy atom. The van der Waals surface area contributed by atoms with Crippen molar-refractivity contribution in [3.8, 4) is 11.8 Å². The molecule has 0 heterocycles. The first-order valence-corrected chi connectivity index (χ1v) is 7.31. The molecule has 2 N–H and O–H groups in total. The number of amides is 1. The predicted molar refractivity (Wildman–Crippen MR) is 85.7 cm³/mol. The zero-order chi connectivity index (χ0) is 16.5. The number of hydrogen-bond donors (Lipinski definition) is 2. The molecule has 0 radical (unpaired) electrons. The van der Waals surface area contributed by atoms with Gasteiger partial charge in [0.15, 0.2) is 6.61 Å². The van der Waals surface area contributed by atoms with Crippen LogP contribution in [0, 0.1) is 11.3 Å². The normalized spacial score (nSPS) is 11.3. The minimum Gasteiger partial charge on any atom is -0.482 e. The van der Waals surface area contributed by atoms with Crippen LogP contribution in [0.3, 0.4) is 0 Å². The van der Waals surface area contributed by atoms with E-state index in [0.29, 0.717) is 17.7 Å². The highest BCUT2D eigenvalue weighted by Crippen LogP contribution is 2.18. The number of carbonyl (C=O) groups excluding carboxylic acids is 1. The van der Waals surface area contributed by atoms with Crippen molar-refractivity contribution >= 4 is 5.91 Å². The maximum absolute atomic E-state index is 12.1. The number of nitrogens with one attached hydrogen (secondary N) is 1. The molecule has 0 fully saturated rings. The van der Waals surface area contributed by atoms with Crippen LogP contribution in [0.5, 0.6) is 5.75 Å². The van der Waals surface area contributed by atoms with Crippen LogP contribution in [0.1, 0.15) is 23.6 Å². The fourth-order valence-corrected chi connectivity index (χ4v) is 2.20. The third kappa shape index (κ3) is 4.83. The van der Waals surface area contributed by atoms with Crippen LogP contribution in [0.4, 0.5) is 0 Å². The molecule has 0 saturated heterocycles. The number of nitriles is 1. The minimum absolute atomic E-state index is 0.0298. The third-order valence-corrected chi connectivity index (χ3v) is 3.32. The molecule has 1 unspecified atom stereocenters. The largest absolute Gasteiger partial charge is 0.482 e. The molecule has 0 bridgehead atoms. The van der Waals surface area contributed by atoms with Crippen LogP contribution in [0.25, 0.3) is 0 Å². The number of ether oxygens (including phenoxy) is 1. The molecule has 5 nitrogen and oxygen atoms in total. The minimum atomic E-state index is -0.306. The summed E-state index contributed by atoms with van der Waals surface area (Å²) in [6, 6.07) is 17.9. The van der Waals surface area contributed by atoms with Crippen LogP contribution in [-0.4, -0.2) is 24.2 Å². The van der Waals surface area contributed by atoms with E-state index in [4.69, 9.17) is 15.1 Å². The SMILES string of the molecule is N#Cc1ccccc1OCC(=O)NC(CCO)c1ccccc1. The lowest BCUT2D eigenvalue weighted by molar-refractivity contribution is -0.123.